The van der Waals surface area contributed by atoms with Crippen LogP contribution in [-0.4, -0.2) is 20.3 Å². The maximum atomic E-state index is 13.1. The van der Waals surface area contributed by atoms with Crippen molar-refractivity contribution in [2.45, 2.75) is 32.5 Å². The van der Waals surface area contributed by atoms with Crippen LogP contribution in [0.2, 0.25) is 0 Å². The predicted molar refractivity (Wildman–Crippen MR) is 73.5 cm³/mol. The Hall–Kier alpha value is -1.07. The normalized spacial score (nSPS) is 15.1. The first kappa shape index (κ1) is 17.0. The predicted octanol–water partition coefficient (Wildman–Crippen LogP) is 4.03. The maximum Gasteiger partial charge on any atom is 0.416 e. The Balaban J connectivity index is 3.02. The summed E-state index contributed by atoms with van der Waals surface area (Å²) in [7, 11) is 1.60. The molecule has 0 aromatic heterocycles. The van der Waals surface area contributed by atoms with E-state index in [1.54, 1.807) is 19.2 Å². The van der Waals surface area contributed by atoms with Crippen LogP contribution in [0.5, 0.6) is 0 Å². The summed E-state index contributed by atoms with van der Waals surface area (Å²) in [6.45, 7) is 5.03. The third kappa shape index (κ3) is 4.80. The van der Waals surface area contributed by atoms with Gasteiger partial charge >= 0.3 is 6.18 Å². The molecule has 0 heterocycles. The number of ether oxygens (including phenoxy) is 1. The van der Waals surface area contributed by atoms with Crippen molar-refractivity contribution in [3.63, 3.8) is 0 Å². The van der Waals surface area contributed by atoms with E-state index in [1.165, 1.54) is 6.07 Å². The fourth-order valence-electron chi connectivity index (χ4n) is 2.38. The minimum absolute atomic E-state index is 0.185. The van der Waals surface area contributed by atoms with Gasteiger partial charge in [0, 0.05) is 19.8 Å². The highest BCUT2D eigenvalue weighted by molar-refractivity contribution is 5.32. The van der Waals surface area contributed by atoms with Crippen molar-refractivity contribution in [1.82, 2.24) is 5.32 Å². The molecule has 0 saturated heterocycles. The third-order valence-electron chi connectivity index (χ3n) is 3.18. The first-order valence-electron chi connectivity index (χ1n) is 6.78. The van der Waals surface area contributed by atoms with Gasteiger partial charge in [0.25, 0.3) is 0 Å². The van der Waals surface area contributed by atoms with Crippen LogP contribution in [-0.2, 0) is 10.9 Å². The first-order chi connectivity index (χ1) is 9.40. The Morgan fingerprint density at radius 1 is 1.25 bits per heavy atom. The van der Waals surface area contributed by atoms with Crippen molar-refractivity contribution in [3.05, 3.63) is 35.4 Å². The summed E-state index contributed by atoms with van der Waals surface area (Å²) in [4.78, 5) is 0. The standard InChI is InChI=1S/C15H22F3NO/c1-4-19-14(9-11(2)10-20-3)12-7-5-6-8-13(12)15(16,17)18/h5-8,11,14,19H,4,9-10H2,1-3H3. The van der Waals surface area contributed by atoms with Crippen LogP contribution in [0.15, 0.2) is 24.3 Å². The molecule has 0 saturated carbocycles. The van der Waals surface area contributed by atoms with E-state index in [9.17, 15) is 13.2 Å². The van der Waals surface area contributed by atoms with E-state index in [0.717, 1.165) is 6.07 Å². The number of hydrogen-bond acceptors (Lipinski definition) is 2. The zero-order chi connectivity index (χ0) is 15.2. The molecule has 0 aliphatic carbocycles. The van der Waals surface area contributed by atoms with Gasteiger partial charge in [-0.2, -0.15) is 13.2 Å². The van der Waals surface area contributed by atoms with Crippen LogP contribution in [0.25, 0.3) is 0 Å². The molecule has 0 aliphatic rings. The smallest absolute Gasteiger partial charge is 0.384 e. The van der Waals surface area contributed by atoms with Crippen molar-refractivity contribution in [2.75, 3.05) is 20.3 Å². The van der Waals surface area contributed by atoms with Crippen LogP contribution in [0.3, 0.4) is 0 Å². The lowest BCUT2D eigenvalue weighted by atomic mass is 9.92. The van der Waals surface area contributed by atoms with E-state index < -0.39 is 11.7 Å². The molecule has 2 atom stereocenters. The molecular formula is C15H22F3NO. The summed E-state index contributed by atoms with van der Waals surface area (Å²) in [5.41, 5.74) is -0.250. The van der Waals surface area contributed by atoms with Gasteiger partial charge in [0.05, 0.1) is 5.56 Å². The summed E-state index contributed by atoms with van der Waals surface area (Å²) in [6.07, 6.45) is -3.72. The first-order valence-corrected chi connectivity index (χ1v) is 6.78. The molecule has 20 heavy (non-hydrogen) atoms. The van der Waals surface area contributed by atoms with E-state index in [2.05, 4.69) is 5.32 Å². The number of halogens is 3. The van der Waals surface area contributed by atoms with Crippen LogP contribution >= 0.6 is 0 Å². The molecule has 5 heteroatoms. The SMILES string of the molecule is CCNC(CC(C)COC)c1ccccc1C(F)(F)F. The molecule has 1 rings (SSSR count). The molecule has 0 bridgehead atoms. The van der Waals surface area contributed by atoms with Crippen LogP contribution in [0.1, 0.15) is 37.4 Å². The molecule has 1 aromatic rings. The highest BCUT2D eigenvalue weighted by Gasteiger charge is 2.35. The minimum Gasteiger partial charge on any atom is -0.384 e. The van der Waals surface area contributed by atoms with Crippen molar-refractivity contribution >= 4 is 0 Å². The van der Waals surface area contributed by atoms with E-state index in [-0.39, 0.29) is 12.0 Å². The zero-order valence-corrected chi connectivity index (χ0v) is 12.1. The summed E-state index contributed by atoms with van der Waals surface area (Å²) in [5.74, 6) is 0.185. The molecule has 2 unspecified atom stereocenters. The van der Waals surface area contributed by atoms with Crippen LogP contribution < -0.4 is 5.32 Å². The van der Waals surface area contributed by atoms with Gasteiger partial charge in [-0.3, -0.25) is 0 Å². The van der Waals surface area contributed by atoms with Gasteiger partial charge in [-0.15, -0.1) is 0 Å². The van der Waals surface area contributed by atoms with Gasteiger partial charge in [0.2, 0.25) is 0 Å². The largest absolute Gasteiger partial charge is 0.416 e. The second-order valence-electron chi connectivity index (χ2n) is 4.99. The average molecular weight is 289 g/mol. The molecule has 1 aromatic carbocycles. The fourth-order valence-corrected chi connectivity index (χ4v) is 2.38. The number of rotatable bonds is 7. The lowest BCUT2D eigenvalue weighted by Gasteiger charge is -2.25. The number of benzene rings is 1. The lowest BCUT2D eigenvalue weighted by molar-refractivity contribution is -0.138. The highest BCUT2D eigenvalue weighted by Crippen LogP contribution is 2.36. The van der Waals surface area contributed by atoms with Gasteiger partial charge in [-0.25, -0.2) is 0 Å². The molecule has 0 amide bonds. The zero-order valence-electron chi connectivity index (χ0n) is 12.1. The molecule has 2 nitrogen and oxygen atoms in total. The summed E-state index contributed by atoms with van der Waals surface area (Å²) < 4.78 is 44.3. The second kappa shape index (κ2) is 7.64. The molecule has 0 fully saturated rings. The van der Waals surface area contributed by atoms with E-state index in [0.29, 0.717) is 25.1 Å². The number of hydrogen-bond donors (Lipinski definition) is 1. The van der Waals surface area contributed by atoms with E-state index in [4.69, 9.17) is 4.74 Å². The minimum atomic E-state index is -4.32. The average Bonchev–Trinajstić information content (AvgIpc) is 2.37. The van der Waals surface area contributed by atoms with Crippen LogP contribution in [0, 0.1) is 5.92 Å². The molecule has 114 valence electrons. The van der Waals surface area contributed by atoms with Gasteiger partial charge in [0.15, 0.2) is 0 Å². The quantitative estimate of drug-likeness (QED) is 0.818. The molecule has 1 N–H and O–H groups in total. The Labute approximate surface area is 118 Å². The fraction of sp³-hybridized carbons (Fsp3) is 0.600. The van der Waals surface area contributed by atoms with E-state index >= 15 is 0 Å². The van der Waals surface area contributed by atoms with Crippen molar-refractivity contribution in [3.8, 4) is 0 Å². The number of methoxy groups -OCH3 is 1. The van der Waals surface area contributed by atoms with Gasteiger partial charge < -0.3 is 10.1 Å². The highest BCUT2D eigenvalue weighted by atomic mass is 19.4. The Morgan fingerprint density at radius 2 is 1.90 bits per heavy atom. The Morgan fingerprint density at radius 3 is 2.45 bits per heavy atom. The van der Waals surface area contributed by atoms with Crippen LogP contribution in [0.4, 0.5) is 13.2 Å². The number of alkyl halides is 3. The molecule has 0 spiro atoms. The molecule has 0 radical (unpaired) electrons. The Bertz CT molecular complexity index is 406. The molecule has 0 aliphatic heterocycles. The van der Waals surface area contributed by atoms with Crippen molar-refractivity contribution in [1.29, 1.82) is 0 Å². The topological polar surface area (TPSA) is 21.3 Å². The second-order valence-corrected chi connectivity index (χ2v) is 4.99. The van der Waals surface area contributed by atoms with Gasteiger partial charge in [-0.1, -0.05) is 32.0 Å². The van der Waals surface area contributed by atoms with Crippen molar-refractivity contribution in [2.24, 2.45) is 5.92 Å². The third-order valence-corrected chi connectivity index (χ3v) is 3.18. The summed E-state index contributed by atoms with van der Waals surface area (Å²) >= 11 is 0. The van der Waals surface area contributed by atoms with Gasteiger partial charge in [0.1, 0.15) is 0 Å². The summed E-state index contributed by atoms with van der Waals surface area (Å²) in [5, 5.41) is 3.15. The Kier molecular flexibility index (Phi) is 6.49. The summed E-state index contributed by atoms with van der Waals surface area (Å²) in [6, 6.07) is 5.45. The van der Waals surface area contributed by atoms with E-state index in [1.807, 2.05) is 13.8 Å². The lowest BCUT2D eigenvalue weighted by Crippen LogP contribution is -2.26. The van der Waals surface area contributed by atoms with Crippen molar-refractivity contribution < 1.29 is 17.9 Å². The molecular weight excluding hydrogens is 267 g/mol. The maximum absolute atomic E-state index is 13.1. The monoisotopic (exact) mass is 289 g/mol. The number of nitrogens with one attached hydrogen (secondary N) is 1. The van der Waals surface area contributed by atoms with Gasteiger partial charge in [-0.05, 0) is 30.5 Å².